The number of primary amides is 1. The molecule has 98 valence electrons. The Kier molecular flexibility index (Phi) is 5.41. The molecule has 0 aromatic rings. The highest BCUT2D eigenvalue weighted by atomic mass is 16.2. The third-order valence-corrected chi connectivity index (χ3v) is 3.34. The van der Waals surface area contributed by atoms with E-state index in [0.29, 0.717) is 13.0 Å². The molecule has 1 saturated carbocycles. The number of amides is 2. The first-order valence-corrected chi connectivity index (χ1v) is 6.32. The SMILES string of the molecule is CC(CN)CC(=O)N(CC(N)=O)C1CCCC1. The van der Waals surface area contributed by atoms with Gasteiger partial charge in [-0.25, -0.2) is 0 Å². The van der Waals surface area contributed by atoms with E-state index in [9.17, 15) is 9.59 Å². The van der Waals surface area contributed by atoms with E-state index in [1.165, 1.54) is 0 Å². The topological polar surface area (TPSA) is 89.4 Å². The van der Waals surface area contributed by atoms with Crippen molar-refractivity contribution in [3.63, 3.8) is 0 Å². The zero-order valence-corrected chi connectivity index (χ0v) is 10.5. The van der Waals surface area contributed by atoms with Crippen LogP contribution < -0.4 is 11.5 Å². The number of rotatable bonds is 6. The lowest BCUT2D eigenvalue weighted by Gasteiger charge is -2.28. The van der Waals surface area contributed by atoms with Crippen LogP contribution in [0.5, 0.6) is 0 Å². The summed E-state index contributed by atoms with van der Waals surface area (Å²) >= 11 is 0. The van der Waals surface area contributed by atoms with E-state index in [2.05, 4.69) is 0 Å². The summed E-state index contributed by atoms with van der Waals surface area (Å²) in [5, 5.41) is 0. The van der Waals surface area contributed by atoms with Crippen LogP contribution in [-0.2, 0) is 9.59 Å². The summed E-state index contributed by atoms with van der Waals surface area (Å²) < 4.78 is 0. The number of nitrogens with zero attached hydrogens (tertiary/aromatic N) is 1. The van der Waals surface area contributed by atoms with Crippen LogP contribution in [-0.4, -0.2) is 35.8 Å². The van der Waals surface area contributed by atoms with Gasteiger partial charge in [-0.3, -0.25) is 9.59 Å². The van der Waals surface area contributed by atoms with Gasteiger partial charge in [-0.05, 0) is 25.3 Å². The van der Waals surface area contributed by atoms with Crippen molar-refractivity contribution >= 4 is 11.8 Å². The first-order chi connectivity index (χ1) is 8.04. The predicted octanol–water partition coefficient (Wildman–Crippen LogP) is 0.228. The van der Waals surface area contributed by atoms with E-state index in [1.54, 1.807) is 4.90 Å². The van der Waals surface area contributed by atoms with Crippen LogP contribution in [0.25, 0.3) is 0 Å². The molecule has 0 heterocycles. The smallest absolute Gasteiger partial charge is 0.237 e. The Balaban J connectivity index is 2.60. The van der Waals surface area contributed by atoms with Crippen molar-refractivity contribution in [2.75, 3.05) is 13.1 Å². The number of hydrogen-bond acceptors (Lipinski definition) is 3. The minimum atomic E-state index is -0.439. The minimum Gasteiger partial charge on any atom is -0.368 e. The molecule has 0 aromatic carbocycles. The largest absolute Gasteiger partial charge is 0.368 e. The average Bonchev–Trinajstić information content (AvgIpc) is 2.78. The summed E-state index contributed by atoms with van der Waals surface area (Å²) in [5.41, 5.74) is 10.7. The van der Waals surface area contributed by atoms with Crippen LogP contribution in [0.2, 0.25) is 0 Å². The summed E-state index contributed by atoms with van der Waals surface area (Å²) in [6, 6.07) is 0.194. The molecule has 1 rings (SSSR count). The Bertz CT molecular complexity index is 275. The molecule has 0 aliphatic heterocycles. The highest BCUT2D eigenvalue weighted by Gasteiger charge is 2.28. The number of carbonyl (C=O) groups excluding carboxylic acids is 2. The molecule has 0 saturated heterocycles. The van der Waals surface area contributed by atoms with Crippen molar-refractivity contribution in [1.82, 2.24) is 4.90 Å². The quantitative estimate of drug-likeness (QED) is 0.697. The Labute approximate surface area is 103 Å². The molecule has 1 aliphatic rings. The van der Waals surface area contributed by atoms with Gasteiger partial charge < -0.3 is 16.4 Å². The second-order valence-corrected chi connectivity index (χ2v) is 4.97. The van der Waals surface area contributed by atoms with Gasteiger partial charge in [-0.1, -0.05) is 19.8 Å². The number of nitrogens with two attached hydrogens (primary N) is 2. The fraction of sp³-hybridized carbons (Fsp3) is 0.833. The fourth-order valence-corrected chi connectivity index (χ4v) is 2.30. The molecule has 0 bridgehead atoms. The van der Waals surface area contributed by atoms with Gasteiger partial charge in [0, 0.05) is 12.5 Å². The molecule has 5 heteroatoms. The number of carbonyl (C=O) groups is 2. The molecule has 2 amide bonds. The van der Waals surface area contributed by atoms with Crippen LogP contribution in [0, 0.1) is 5.92 Å². The van der Waals surface area contributed by atoms with Crippen LogP contribution in [0.1, 0.15) is 39.0 Å². The van der Waals surface area contributed by atoms with Crippen molar-refractivity contribution in [2.45, 2.75) is 45.1 Å². The molecular weight excluding hydrogens is 218 g/mol. The monoisotopic (exact) mass is 241 g/mol. The molecular formula is C12H23N3O2. The Morgan fingerprint density at radius 1 is 1.35 bits per heavy atom. The Morgan fingerprint density at radius 3 is 2.41 bits per heavy atom. The Morgan fingerprint density at radius 2 is 1.94 bits per heavy atom. The molecule has 5 nitrogen and oxygen atoms in total. The number of hydrogen-bond donors (Lipinski definition) is 2. The highest BCUT2D eigenvalue weighted by molar-refractivity contribution is 5.84. The lowest BCUT2D eigenvalue weighted by atomic mass is 10.1. The molecule has 0 spiro atoms. The van der Waals surface area contributed by atoms with E-state index in [-0.39, 0.29) is 24.4 Å². The summed E-state index contributed by atoms with van der Waals surface area (Å²) in [6.07, 6.45) is 4.62. The summed E-state index contributed by atoms with van der Waals surface area (Å²) in [4.78, 5) is 24.8. The van der Waals surface area contributed by atoms with Gasteiger partial charge in [0.25, 0.3) is 0 Å². The maximum Gasteiger partial charge on any atom is 0.237 e. The molecule has 1 aliphatic carbocycles. The van der Waals surface area contributed by atoms with Crippen molar-refractivity contribution in [2.24, 2.45) is 17.4 Å². The van der Waals surface area contributed by atoms with E-state index >= 15 is 0 Å². The van der Waals surface area contributed by atoms with Crippen molar-refractivity contribution in [3.8, 4) is 0 Å². The van der Waals surface area contributed by atoms with Gasteiger partial charge in [0.1, 0.15) is 0 Å². The predicted molar refractivity (Wildman–Crippen MR) is 66.0 cm³/mol. The normalized spacial score (nSPS) is 18.0. The standard InChI is InChI=1S/C12H23N3O2/c1-9(7-13)6-12(17)15(8-11(14)16)10-4-2-3-5-10/h9-10H,2-8,13H2,1H3,(H2,14,16). The van der Waals surface area contributed by atoms with E-state index < -0.39 is 5.91 Å². The van der Waals surface area contributed by atoms with Crippen LogP contribution in [0.3, 0.4) is 0 Å². The van der Waals surface area contributed by atoms with E-state index in [0.717, 1.165) is 25.7 Å². The molecule has 4 N–H and O–H groups in total. The first-order valence-electron chi connectivity index (χ1n) is 6.32. The maximum absolute atomic E-state index is 12.1. The third-order valence-electron chi connectivity index (χ3n) is 3.34. The van der Waals surface area contributed by atoms with E-state index in [4.69, 9.17) is 11.5 Å². The van der Waals surface area contributed by atoms with Gasteiger partial charge in [0.15, 0.2) is 0 Å². The van der Waals surface area contributed by atoms with Crippen molar-refractivity contribution in [1.29, 1.82) is 0 Å². The maximum atomic E-state index is 12.1. The van der Waals surface area contributed by atoms with Gasteiger partial charge >= 0.3 is 0 Å². The Hall–Kier alpha value is -1.10. The highest BCUT2D eigenvalue weighted by Crippen LogP contribution is 2.24. The van der Waals surface area contributed by atoms with Gasteiger partial charge in [0.2, 0.25) is 11.8 Å². The van der Waals surface area contributed by atoms with E-state index in [1.807, 2.05) is 6.92 Å². The van der Waals surface area contributed by atoms with Gasteiger partial charge in [-0.15, -0.1) is 0 Å². The summed E-state index contributed by atoms with van der Waals surface area (Å²) in [7, 11) is 0. The average molecular weight is 241 g/mol. The summed E-state index contributed by atoms with van der Waals surface area (Å²) in [6.45, 7) is 2.47. The minimum absolute atomic E-state index is 0.00801. The molecule has 1 unspecified atom stereocenters. The van der Waals surface area contributed by atoms with Crippen LogP contribution in [0.4, 0.5) is 0 Å². The molecule has 1 atom stereocenters. The molecule has 0 radical (unpaired) electrons. The second kappa shape index (κ2) is 6.59. The first kappa shape index (κ1) is 14.0. The van der Waals surface area contributed by atoms with Crippen molar-refractivity contribution < 1.29 is 9.59 Å². The van der Waals surface area contributed by atoms with Crippen LogP contribution >= 0.6 is 0 Å². The summed E-state index contributed by atoms with van der Waals surface area (Å²) in [5.74, 6) is -0.279. The fourth-order valence-electron chi connectivity index (χ4n) is 2.30. The van der Waals surface area contributed by atoms with Gasteiger partial charge in [0.05, 0.1) is 6.54 Å². The second-order valence-electron chi connectivity index (χ2n) is 4.97. The van der Waals surface area contributed by atoms with Crippen LogP contribution in [0.15, 0.2) is 0 Å². The molecule has 1 fully saturated rings. The zero-order valence-electron chi connectivity index (χ0n) is 10.5. The third kappa shape index (κ3) is 4.34. The zero-order chi connectivity index (χ0) is 12.8. The lowest BCUT2D eigenvalue weighted by molar-refractivity contribution is -0.138. The van der Waals surface area contributed by atoms with Crippen molar-refractivity contribution in [3.05, 3.63) is 0 Å². The lowest BCUT2D eigenvalue weighted by Crippen LogP contribution is -2.44. The molecule has 0 aromatic heterocycles. The molecule has 17 heavy (non-hydrogen) atoms. The van der Waals surface area contributed by atoms with Gasteiger partial charge in [-0.2, -0.15) is 0 Å².